The number of nitrogens with zero attached hydrogens (tertiary/aromatic N) is 1. The Morgan fingerprint density at radius 3 is 2.83 bits per heavy atom. The number of rotatable bonds is 1. The Hall–Kier alpha value is -1.38. The van der Waals surface area contributed by atoms with Crippen LogP contribution in [0.1, 0.15) is 32.8 Å². The molecule has 18 heavy (non-hydrogen) atoms. The van der Waals surface area contributed by atoms with E-state index in [0.717, 1.165) is 6.42 Å². The standard InChI is InChI=1S/C13H15BFNO2/c1-9-7-13(2,3)18-14(17-9)11-6-10(8-16)4-5-12(11)15/h4-6,9H,7H2,1-3H3/t9-/m0/s1. The zero-order valence-corrected chi connectivity index (χ0v) is 10.7. The maximum absolute atomic E-state index is 13.8. The van der Waals surface area contributed by atoms with Crippen LogP contribution in [-0.2, 0) is 9.31 Å². The van der Waals surface area contributed by atoms with Gasteiger partial charge in [-0.05, 0) is 45.4 Å². The first-order chi connectivity index (χ1) is 8.41. The van der Waals surface area contributed by atoms with E-state index in [9.17, 15) is 4.39 Å². The van der Waals surface area contributed by atoms with Gasteiger partial charge in [0.2, 0.25) is 0 Å². The Kier molecular flexibility index (Phi) is 3.42. The molecule has 5 heteroatoms. The van der Waals surface area contributed by atoms with Crippen molar-refractivity contribution < 1.29 is 13.7 Å². The summed E-state index contributed by atoms with van der Waals surface area (Å²) in [6, 6.07) is 6.18. The summed E-state index contributed by atoms with van der Waals surface area (Å²) < 4.78 is 25.2. The molecule has 0 saturated carbocycles. The van der Waals surface area contributed by atoms with Gasteiger partial charge in [-0.25, -0.2) is 4.39 Å². The van der Waals surface area contributed by atoms with Crippen molar-refractivity contribution in [3.63, 3.8) is 0 Å². The third kappa shape index (κ3) is 2.71. The van der Waals surface area contributed by atoms with Gasteiger partial charge in [0.05, 0.1) is 17.2 Å². The lowest BCUT2D eigenvalue weighted by Crippen LogP contribution is -2.52. The smallest absolute Gasteiger partial charge is 0.405 e. The molecule has 0 amide bonds. The largest absolute Gasteiger partial charge is 0.497 e. The average Bonchev–Trinajstić information content (AvgIpc) is 2.27. The number of hydrogen-bond acceptors (Lipinski definition) is 3. The van der Waals surface area contributed by atoms with E-state index in [4.69, 9.17) is 14.6 Å². The summed E-state index contributed by atoms with van der Waals surface area (Å²) >= 11 is 0. The van der Waals surface area contributed by atoms with Crippen LogP contribution in [0.5, 0.6) is 0 Å². The van der Waals surface area contributed by atoms with E-state index >= 15 is 0 Å². The molecule has 1 aromatic carbocycles. The van der Waals surface area contributed by atoms with E-state index in [1.165, 1.54) is 18.2 Å². The van der Waals surface area contributed by atoms with Crippen molar-refractivity contribution >= 4 is 12.6 Å². The molecule has 1 aromatic rings. The van der Waals surface area contributed by atoms with Gasteiger partial charge < -0.3 is 9.31 Å². The van der Waals surface area contributed by atoms with Crippen LogP contribution in [0.25, 0.3) is 0 Å². The second-order valence-electron chi connectivity index (χ2n) is 5.21. The van der Waals surface area contributed by atoms with E-state index in [-0.39, 0.29) is 17.2 Å². The Bertz CT molecular complexity index is 498. The molecule has 0 radical (unpaired) electrons. The molecule has 1 heterocycles. The highest BCUT2D eigenvalue weighted by Gasteiger charge is 2.39. The van der Waals surface area contributed by atoms with Gasteiger partial charge in [-0.1, -0.05) is 0 Å². The zero-order chi connectivity index (χ0) is 13.3. The molecule has 1 saturated heterocycles. The molecule has 94 valence electrons. The van der Waals surface area contributed by atoms with Crippen molar-refractivity contribution in [1.82, 2.24) is 0 Å². The van der Waals surface area contributed by atoms with Crippen LogP contribution < -0.4 is 5.46 Å². The average molecular weight is 247 g/mol. The molecule has 0 unspecified atom stereocenters. The van der Waals surface area contributed by atoms with Gasteiger partial charge >= 0.3 is 7.12 Å². The SMILES string of the molecule is C[C@H]1CC(C)(C)OB(c2cc(C#N)ccc2F)O1. The Morgan fingerprint density at radius 1 is 1.50 bits per heavy atom. The monoisotopic (exact) mass is 247 g/mol. The molecule has 1 atom stereocenters. The number of nitriles is 1. The van der Waals surface area contributed by atoms with Crippen molar-refractivity contribution in [2.24, 2.45) is 0 Å². The van der Waals surface area contributed by atoms with Gasteiger partial charge in [-0.3, -0.25) is 0 Å². The van der Waals surface area contributed by atoms with Crippen LogP contribution in [-0.4, -0.2) is 18.8 Å². The fourth-order valence-corrected chi connectivity index (χ4v) is 2.25. The lowest BCUT2D eigenvalue weighted by Gasteiger charge is -2.38. The van der Waals surface area contributed by atoms with Crippen molar-refractivity contribution in [3.8, 4) is 6.07 Å². The maximum Gasteiger partial charge on any atom is 0.497 e. The summed E-state index contributed by atoms with van der Waals surface area (Å²) in [5.74, 6) is -0.413. The second-order valence-corrected chi connectivity index (χ2v) is 5.21. The summed E-state index contributed by atoms with van der Waals surface area (Å²) in [5, 5.41) is 8.85. The van der Waals surface area contributed by atoms with Crippen molar-refractivity contribution in [1.29, 1.82) is 5.26 Å². The van der Waals surface area contributed by atoms with Crippen LogP contribution in [0.3, 0.4) is 0 Å². The number of benzene rings is 1. The summed E-state index contributed by atoms with van der Waals surface area (Å²) in [5.41, 5.74) is 0.320. The van der Waals surface area contributed by atoms with Gasteiger partial charge in [0.15, 0.2) is 0 Å². The predicted molar refractivity (Wildman–Crippen MR) is 66.8 cm³/mol. The molecule has 1 fully saturated rings. The summed E-state index contributed by atoms with van der Waals surface area (Å²) in [7, 11) is -0.753. The fourth-order valence-electron chi connectivity index (χ4n) is 2.25. The van der Waals surface area contributed by atoms with Crippen LogP contribution in [0.4, 0.5) is 4.39 Å². The normalized spacial score (nSPS) is 22.6. The minimum atomic E-state index is -0.753. The van der Waals surface area contributed by atoms with E-state index in [1.54, 1.807) is 0 Å². The van der Waals surface area contributed by atoms with Crippen LogP contribution >= 0.6 is 0 Å². The minimum absolute atomic E-state index is 0.0103. The predicted octanol–water partition coefficient (Wildman–Crippen LogP) is 2.00. The second kappa shape index (κ2) is 4.71. The zero-order valence-electron chi connectivity index (χ0n) is 10.7. The molecule has 0 bridgehead atoms. The van der Waals surface area contributed by atoms with Gasteiger partial charge in [0.25, 0.3) is 0 Å². The lowest BCUT2D eigenvalue weighted by atomic mass is 9.74. The number of hydrogen-bond donors (Lipinski definition) is 0. The third-order valence-corrected chi connectivity index (χ3v) is 2.94. The molecular weight excluding hydrogens is 232 g/mol. The van der Waals surface area contributed by atoms with Crippen LogP contribution in [0.15, 0.2) is 18.2 Å². The molecule has 0 aliphatic carbocycles. The van der Waals surface area contributed by atoms with Crippen molar-refractivity contribution in [2.45, 2.75) is 38.9 Å². The van der Waals surface area contributed by atoms with E-state index in [2.05, 4.69) is 0 Å². The Morgan fingerprint density at radius 2 is 2.22 bits per heavy atom. The highest BCUT2D eigenvalue weighted by atomic mass is 19.1. The molecular formula is C13H15BFNO2. The van der Waals surface area contributed by atoms with Gasteiger partial charge in [-0.15, -0.1) is 0 Å². The summed E-state index contributed by atoms with van der Waals surface area (Å²) in [6.07, 6.45) is 0.743. The van der Waals surface area contributed by atoms with Gasteiger partial charge in [0.1, 0.15) is 5.82 Å². The van der Waals surface area contributed by atoms with Gasteiger partial charge in [0, 0.05) is 11.6 Å². The topological polar surface area (TPSA) is 42.2 Å². The van der Waals surface area contributed by atoms with Crippen molar-refractivity contribution in [3.05, 3.63) is 29.6 Å². The summed E-state index contributed by atoms with van der Waals surface area (Å²) in [4.78, 5) is 0. The van der Waals surface area contributed by atoms with Crippen LogP contribution in [0.2, 0.25) is 0 Å². The quantitative estimate of drug-likeness (QED) is 0.712. The molecule has 1 aliphatic rings. The van der Waals surface area contributed by atoms with Gasteiger partial charge in [-0.2, -0.15) is 5.26 Å². The highest BCUT2D eigenvalue weighted by molar-refractivity contribution is 6.61. The van der Waals surface area contributed by atoms with Crippen LogP contribution in [0, 0.1) is 17.1 Å². The lowest BCUT2D eigenvalue weighted by molar-refractivity contribution is -0.0232. The molecule has 1 aliphatic heterocycles. The van der Waals surface area contributed by atoms with E-state index in [0.29, 0.717) is 5.56 Å². The Balaban J connectivity index is 2.33. The van der Waals surface area contributed by atoms with Crippen molar-refractivity contribution in [2.75, 3.05) is 0 Å². The molecule has 3 nitrogen and oxygen atoms in total. The summed E-state index contributed by atoms with van der Waals surface area (Å²) in [6.45, 7) is 5.83. The first kappa shape index (κ1) is 13.1. The first-order valence-corrected chi connectivity index (χ1v) is 5.94. The molecule has 0 spiro atoms. The number of halogens is 1. The highest BCUT2D eigenvalue weighted by Crippen LogP contribution is 2.25. The fraction of sp³-hybridized carbons (Fsp3) is 0.462. The molecule has 0 N–H and O–H groups in total. The minimum Gasteiger partial charge on any atom is -0.405 e. The van der Waals surface area contributed by atoms with E-state index in [1.807, 2.05) is 26.8 Å². The molecule has 0 aromatic heterocycles. The first-order valence-electron chi connectivity index (χ1n) is 5.94. The molecule has 2 rings (SSSR count). The third-order valence-electron chi connectivity index (χ3n) is 2.94. The van der Waals surface area contributed by atoms with E-state index < -0.39 is 12.9 Å². The maximum atomic E-state index is 13.8. The Labute approximate surface area is 107 Å².